The first-order chi connectivity index (χ1) is 14.1. The van der Waals surface area contributed by atoms with Gasteiger partial charge in [-0.05, 0) is 61.2 Å². The van der Waals surface area contributed by atoms with Crippen molar-refractivity contribution in [1.29, 1.82) is 0 Å². The summed E-state index contributed by atoms with van der Waals surface area (Å²) in [7, 11) is 0. The Morgan fingerprint density at radius 1 is 1.03 bits per heavy atom. The van der Waals surface area contributed by atoms with Gasteiger partial charge in [-0.25, -0.2) is 0 Å². The van der Waals surface area contributed by atoms with Crippen LogP contribution in [0.15, 0.2) is 36.4 Å². The Labute approximate surface area is 178 Å². The number of tetrazole rings is 1. The maximum absolute atomic E-state index is 6.78. The molecule has 2 aromatic heterocycles. The monoisotopic (exact) mass is 426 g/mol. The third-order valence-corrected chi connectivity index (χ3v) is 6.29. The zero-order valence-corrected chi connectivity index (χ0v) is 17.5. The molecule has 0 bridgehead atoms. The normalized spacial score (nSPS) is 14.7. The van der Waals surface area contributed by atoms with Gasteiger partial charge in [-0.1, -0.05) is 35.3 Å². The van der Waals surface area contributed by atoms with Crippen LogP contribution >= 0.6 is 23.2 Å². The average Bonchev–Trinajstić information content (AvgIpc) is 3.37. The van der Waals surface area contributed by atoms with E-state index in [1.807, 2.05) is 12.1 Å². The summed E-state index contributed by atoms with van der Waals surface area (Å²) in [6.07, 6.45) is 3.51. The minimum atomic E-state index is 0.537. The molecule has 0 spiro atoms. The number of nitrogens with zero attached hydrogens (tertiary/aromatic N) is 5. The number of piperidine rings is 1. The van der Waals surface area contributed by atoms with Crippen molar-refractivity contribution in [2.24, 2.45) is 0 Å². The Hall–Kier alpha value is -2.57. The zero-order chi connectivity index (χ0) is 20.0. The molecule has 1 N–H and O–H groups in total. The van der Waals surface area contributed by atoms with E-state index < -0.39 is 0 Å². The average molecular weight is 427 g/mol. The van der Waals surface area contributed by atoms with Crippen molar-refractivity contribution in [2.75, 3.05) is 18.0 Å². The molecule has 1 aliphatic heterocycles. The molecule has 0 radical (unpaired) electrons. The quantitative estimate of drug-likeness (QED) is 0.475. The first-order valence-electron chi connectivity index (χ1n) is 9.73. The highest BCUT2D eigenvalue weighted by atomic mass is 35.5. The molecule has 5 rings (SSSR count). The van der Waals surface area contributed by atoms with Gasteiger partial charge in [-0.2, -0.15) is 5.21 Å². The van der Waals surface area contributed by atoms with E-state index in [9.17, 15) is 0 Å². The van der Waals surface area contributed by atoms with Crippen molar-refractivity contribution in [1.82, 2.24) is 25.2 Å². The molecule has 2 aromatic carbocycles. The molecule has 0 unspecified atom stereocenters. The van der Waals surface area contributed by atoms with E-state index in [0.29, 0.717) is 15.9 Å². The second kappa shape index (κ2) is 7.35. The number of hydrogen-bond donors (Lipinski definition) is 1. The molecular weight excluding hydrogens is 407 g/mol. The summed E-state index contributed by atoms with van der Waals surface area (Å²) in [5.74, 6) is 0.537. The van der Waals surface area contributed by atoms with Crippen molar-refractivity contribution in [3.8, 4) is 17.2 Å². The lowest BCUT2D eigenvalue weighted by atomic mass is 10.1. The van der Waals surface area contributed by atoms with Crippen molar-refractivity contribution in [3.63, 3.8) is 0 Å². The number of halogens is 2. The van der Waals surface area contributed by atoms with Gasteiger partial charge >= 0.3 is 0 Å². The fraction of sp³-hybridized carbons (Fsp3) is 0.286. The van der Waals surface area contributed by atoms with Crippen LogP contribution < -0.4 is 4.90 Å². The van der Waals surface area contributed by atoms with Crippen LogP contribution in [0, 0.1) is 6.92 Å². The third kappa shape index (κ3) is 3.07. The van der Waals surface area contributed by atoms with E-state index >= 15 is 0 Å². The Morgan fingerprint density at radius 2 is 1.86 bits per heavy atom. The molecule has 0 amide bonds. The van der Waals surface area contributed by atoms with Gasteiger partial charge in [0.15, 0.2) is 0 Å². The number of aromatic amines is 1. The first-order valence-corrected chi connectivity index (χ1v) is 10.5. The standard InChI is InChI=1S/C21H20Cl2N6/c1-13-6-5-7-14(12-13)29-16-9-8-15(22)18(23)17(16)19(28-10-3-2-4-11-28)20(29)21-24-26-27-25-21/h5-9,12H,2-4,10-11H2,1H3,(H,24,25,26,27). The maximum atomic E-state index is 6.78. The molecule has 0 aliphatic carbocycles. The summed E-state index contributed by atoms with van der Waals surface area (Å²) < 4.78 is 2.17. The number of benzene rings is 2. The lowest BCUT2D eigenvalue weighted by Gasteiger charge is -2.29. The van der Waals surface area contributed by atoms with Gasteiger partial charge in [0.05, 0.1) is 21.2 Å². The highest BCUT2D eigenvalue weighted by molar-refractivity contribution is 6.46. The molecule has 148 valence electrons. The SMILES string of the molecule is Cc1cccc(-n2c(-c3nn[nH]n3)c(N3CCCCC3)c3c(Cl)c(Cl)ccc32)c1. The summed E-state index contributed by atoms with van der Waals surface area (Å²) in [6, 6.07) is 12.2. The second-order valence-electron chi connectivity index (χ2n) is 7.41. The summed E-state index contributed by atoms with van der Waals surface area (Å²) >= 11 is 13.2. The van der Waals surface area contributed by atoms with Crippen LogP contribution in [0.5, 0.6) is 0 Å². The molecule has 1 saturated heterocycles. The molecule has 6 nitrogen and oxygen atoms in total. The largest absolute Gasteiger partial charge is 0.369 e. The van der Waals surface area contributed by atoms with Crippen LogP contribution in [0.4, 0.5) is 5.69 Å². The highest BCUT2D eigenvalue weighted by Gasteiger charge is 2.29. The van der Waals surface area contributed by atoms with Crippen molar-refractivity contribution >= 4 is 39.8 Å². The van der Waals surface area contributed by atoms with Crippen LogP contribution in [-0.4, -0.2) is 38.3 Å². The van der Waals surface area contributed by atoms with Crippen LogP contribution in [-0.2, 0) is 0 Å². The van der Waals surface area contributed by atoms with Crippen molar-refractivity contribution in [2.45, 2.75) is 26.2 Å². The number of nitrogens with one attached hydrogen (secondary N) is 1. The summed E-state index contributed by atoms with van der Waals surface area (Å²) in [5.41, 5.74) is 5.07. The minimum absolute atomic E-state index is 0.537. The molecule has 3 heterocycles. The van der Waals surface area contributed by atoms with Crippen LogP contribution in [0.3, 0.4) is 0 Å². The van der Waals surface area contributed by atoms with Gasteiger partial charge in [-0.3, -0.25) is 0 Å². The first kappa shape index (κ1) is 18.5. The minimum Gasteiger partial charge on any atom is -0.369 e. The number of H-pyrrole nitrogens is 1. The van der Waals surface area contributed by atoms with E-state index in [1.54, 1.807) is 0 Å². The van der Waals surface area contributed by atoms with Gasteiger partial charge in [0.25, 0.3) is 0 Å². The smallest absolute Gasteiger partial charge is 0.223 e. The van der Waals surface area contributed by atoms with E-state index in [2.05, 4.69) is 61.3 Å². The molecule has 8 heteroatoms. The maximum Gasteiger partial charge on any atom is 0.223 e. The Morgan fingerprint density at radius 3 is 2.59 bits per heavy atom. The fourth-order valence-electron chi connectivity index (χ4n) is 4.23. The zero-order valence-electron chi connectivity index (χ0n) is 16.0. The number of anilines is 1. The lowest BCUT2D eigenvalue weighted by molar-refractivity contribution is 0.579. The van der Waals surface area contributed by atoms with Gasteiger partial charge in [0, 0.05) is 24.2 Å². The van der Waals surface area contributed by atoms with Crippen LogP contribution in [0.25, 0.3) is 28.1 Å². The number of rotatable bonds is 3. The predicted molar refractivity (Wildman–Crippen MR) is 117 cm³/mol. The van der Waals surface area contributed by atoms with E-state index in [1.165, 1.54) is 12.0 Å². The van der Waals surface area contributed by atoms with Gasteiger partial charge in [0.2, 0.25) is 5.82 Å². The van der Waals surface area contributed by atoms with Crippen molar-refractivity contribution in [3.05, 3.63) is 52.0 Å². The molecule has 1 aliphatic rings. The number of fused-ring (bicyclic) bond motifs is 1. The molecular formula is C21H20Cl2N6. The Bertz CT molecular complexity index is 1180. The van der Waals surface area contributed by atoms with Gasteiger partial charge in [0.1, 0.15) is 5.69 Å². The molecule has 4 aromatic rings. The van der Waals surface area contributed by atoms with Gasteiger partial charge in [-0.15, -0.1) is 10.2 Å². The molecule has 1 fully saturated rings. The third-order valence-electron chi connectivity index (χ3n) is 5.49. The summed E-state index contributed by atoms with van der Waals surface area (Å²) in [4.78, 5) is 2.38. The number of aryl methyl sites for hydroxylation is 1. The molecule has 0 saturated carbocycles. The Kier molecular flexibility index (Phi) is 4.68. The molecule has 29 heavy (non-hydrogen) atoms. The highest BCUT2D eigenvalue weighted by Crippen LogP contribution is 2.46. The fourth-order valence-corrected chi connectivity index (χ4v) is 4.63. The molecule has 0 atom stereocenters. The summed E-state index contributed by atoms with van der Waals surface area (Å²) in [5, 5.41) is 17.1. The predicted octanol–water partition coefficient (Wildman–Crippen LogP) is 5.42. The number of aromatic nitrogens is 5. The Balaban J connectivity index is 1.93. The number of hydrogen-bond acceptors (Lipinski definition) is 4. The second-order valence-corrected chi connectivity index (χ2v) is 8.20. The van der Waals surface area contributed by atoms with E-state index in [-0.39, 0.29) is 0 Å². The van der Waals surface area contributed by atoms with E-state index in [4.69, 9.17) is 23.2 Å². The van der Waals surface area contributed by atoms with Crippen molar-refractivity contribution < 1.29 is 0 Å². The van der Waals surface area contributed by atoms with E-state index in [0.717, 1.165) is 53.9 Å². The van der Waals surface area contributed by atoms with Gasteiger partial charge < -0.3 is 9.47 Å². The summed E-state index contributed by atoms with van der Waals surface area (Å²) in [6.45, 7) is 4.00. The lowest BCUT2D eigenvalue weighted by Crippen LogP contribution is -2.29. The topological polar surface area (TPSA) is 62.6 Å². The van der Waals surface area contributed by atoms with Crippen LogP contribution in [0.2, 0.25) is 10.0 Å². The van der Waals surface area contributed by atoms with Crippen LogP contribution in [0.1, 0.15) is 24.8 Å².